The summed E-state index contributed by atoms with van der Waals surface area (Å²) < 4.78 is 15.4. The van der Waals surface area contributed by atoms with Crippen molar-refractivity contribution in [2.45, 2.75) is 31.1 Å². The summed E-state index contributed by atoms with van der Waals surface area (Å²) in [5.41, 5.74) is 0.701. The monoisotopic (exact) mass is 430 g/mol. The Labute approximate surface area is 180 Å². The molecule has 1 unspecified atom stereocenters. The van der Waals surface area contributed by atoms with Crippen LogP contribution in [-0.2, 0) is 23.9 Å². The lowest BCUT2D eigenvalue weighted by Gasteiger charge is -2.24. The molecular weight excluding hydrogens is 404 g/mol. The minimum atomic E-state index is -1.22. The first-order chi connectivity index (χ1) is 14.5. The van der Waals surface area contributed by atoms with Gasteiger partial charge in [0.25, 0.3) is 0 Å². The van der Waals surface area contributed by atoms with Crippen molar-refractivity contribution < 1.29 is 28.6 Å². The summed E-state index contributed by atoms with van der Waals surface area (Å²) in [4.78, 5) is 38.8. The fourth-order valence-electron chi connectivity index (χ4n) is 3.01. The molecule has 0 heterocycles. The number of carbonyl (C=O) groups is 3. The van der Waals surface area contributed by atoms with Gasteiger partial charge in [-0.15, -0.1) is 0 Å². The minimum absolute atomic E-state index is 0.0248. The third kappa shape index (κ3) is 6.62. The summed E-state index contributed by atoms with van der Waals surface area (Å²) in [5.74, 6) is -2.59. The highest BCUT2D eigenvalue weighted by Crippen LogP contribution is 2.34. The summed E-state index contributed by atoms with van der Waals surface area (Å²) in [7, 11) is 1.57. The first-order valence-electron chi connectivity index (χ1n) is 9.73. The van der Waals surface area contributed by atoms with Gasteiger partial charge < -0.3 is 14.2 Å². The molecule has 0 aliphatic carbocycles. The molecule has 0 spiro atoms. The molecule has 30 heavy (non-hydrogen) atoms. The van der Waals surface area contributed by atoms with Crippen LogP contribution in [0.4, 0.5) is 0 Å². The lowest BCUT2D eigenvalue weighted by molar-refractivity contribution is -0.162. The maximum Gasteiger partial charge on any atom is 0.320 e. The third-order valence-electron chi connectivity index (χ3n) is 4.39. The molecule has 0 aromatic heterocycles. The molecule has 2 aromatic carbocycles. The molecule has 0 fully saturated rings. The van der Waals surface area contributed by atoms with E-state index in [4.69, 9.17) is 14.2 Å². The van der Waals surface area contributed by atoms with Crippen LogP contribution in [0.5, 0.6) is 5.75 Å². The van der Waals surface area contributed by atoms with Crippen molar-refractivity contribution in [2.75, 3.05) is 20.3 Å². The zero-order valence-corrected chi connectivity index (χ0v) is 18.1. The number of thioether (sulfide) groups is 1. The van der Waals surface area contributed by atoms with Gasteiger partial charge in [0.15, 0.2) is 11.0 Å². The van der Waals surface area contributed by atoms with Crippen LogP contribution in [0.1, 0.15) is 31.7 Å². The van der Waals surface area contributed by atoms with E-state index < -0.39 is 23.8 Å². The molecule has 0 N–H and O–H groups in total. The molecule has 0 radical (unpaired) electrons. The first kappa shape index (κ1) is 23.5. The second-order valence-corrected chi connectivity index (χ2v) is 7.48. The Morgan fingerprint density at radius 1 is 0.867 bits per heavy atom. The van der Waals surface area contributed by atoms with Crippen molar-refractivity contribution in [1.29, 1.82) is 0 Å². The van der Waals surface area contributed by atoms with E-state index >= 15 is 0 Å². The summed E-state index contributed by atoms with van der Waals surface area (Å²) in [6.07, 6.45) is -0.0248. The molecule has 6 nitrogen and oxygen atoms in total. The zero-order valence-electron chi connectivity index (χ0n) is 17.3. The maximum absolute atomic E-state index is 12.8. The second kappa shape index (κ2) is 12.0. The quantitative estimate of drug-likeness (QED) is 0.317. The Balaban J connectivity index is 2.29. The minimum Gasteiger partial charge on any atom is -0.497 e. The normalized spacial score (nSPS) is 11.6. The van der Waals surface area contributed by atoms with E-state index in [0.29, 0.717) is 11.3 Å². The second-order valence-electron chi connectivity index (χ2n) is 6.35. The van der Waals surface area contributed by atoms with Crippen LogP contribution in [0, 0.1) is 5.92 Å². The van der Waals surface area contributed by atoms with E-state index in [1.54, 1.807) is 69.5 Å². The van der Waals surface area contributed by atoms with Crippen LogP contribution in [-0.4, -0.2) is 37.4 Å². The Hall–Kier alpha value is -2.80. The van der Waals surface area contributed by atoms with Gasteiger partial charge in [-0.1, -0.05) is 42.1 Å². The third-order valence-corrected chi connectivity index (χ3v) is 5.29. The van der Waals surface area contributed by atoms with Crippen molar-refractivity contribution in [3.8, 4) is 5.75 Å². The predicted molar refractivity (Wildman–Crippen MR) is 114 cm³/mol. The van der Waals surface area contributed by atoms with Gasteiger partial charge in [-0.25, -0.2) is 0 Å². The van der Waals surface area contributed by atoms with Gasteiger partial charge in [0, 0.05) is 17.2 Å². The van der Waals surface area contributed by atoms with Crippen molar-refractivity contribution >= 4 is 28.8 Å². The van der Waals surface area contributed by atoms with Crippen LogP contribution in [0.25, 0.3) is 0 Å². The number of esters is 2. The van der Waals surface area contributed by atoms with Gasteiger partial charge in [-0.05, 0) is 43.7 Å². The summed E-state index contributed by atoms with van der Waals surface area (Å²) in [6.45, 7) is 3.60. The van der Waals surface area contributed by atoms with E-state index in [9.17, 15) is 14.4 Å². The Morgan fingerprint density at radius 3 is 1.93 bits per heavy atom. The molecule has 2 aromatic rings. The fourth-order valence-corrected chi connectivity index (χ4v) is 3.81. The van der Waals surface area contributed by atoms with E-state index in [0.717, 1.165) is 16.7 Å². The van der Waals surface area contributed by atoms with Crippen molar-refractivity contribution in [3.63, 3.8) is 0 Å². The Kier molecular flexibility index (Phi) is 9.41. The number of ether oxygens (including phenoxy) is 3. The topological polar surface area (TPSA) is 78.9 Å². The lowest BCUT2D eigenvalue weighted by atomic mass is 9.83. The number of methoxy groups -OCH3 is 1. The number of benzene rings is 2. The molecule has 160 valence electrons. The highest BCUT2D eigenvalue weighted by molar-refractivity contribution is 8.13. The molecule has 2 rings (SSSR count). The van der Waals surface area contributed by atoms with Crippen LogP contribution >= 0.6 is 11.8 Å². The fraction of sp³-hybridized carbons (Fsp3) is 0.348. The predicted octanol–water partition coefficient (Wildman–Crippen LogP) is 4.23. The molecule has 0 bridgehead atoms. The molecule has 1 atom stereocenters. The van der Waals surface area contributed by atoms with Gasteiger partial charge in [-0.3, -0.25) is 14.4 Å². The van der Waals surface area contributed by atoms with E-state index in [2.05, 4.69) is 0 Å². The zero-order chi connectivity index (χ0) is 21.9. The van der Waals surface area contributed by atoms with Gasteiger partial charge in [0.05, 0.1) is 20.3 Å². The summed E-state index contributed by atoms with van der Waals surface area (Å²) in [6, 6.07) is 16.1. The number of hydrogen-bond acceptors (Lipinski definition) is 7. The SMILES string of the molecule is CCOC(=O)C(C(=O)OCC)C(CC(=O)Sc1ccc(OC)cc1)c1ccccc1. The van der Waals surface area contributed by atoms with E-state index in [1.165, 1.54) is 0 Å². The van der Waals surface area contributed by atoms with Crippen LogP contribution in [0.15, 0.2) is 59.5 Å². The molecule has 0 saturated carbocycles. The highest BCUT2D eigenvalue weighted by Gasteiger charge is 2.39. The van der Waals surface area contributed by atoms with Gasteiger partial charge in [0.1, 0.15) is 5.75 Å². The van der Waals surface area contributed by atoms with Crippen LogP contribution in [0.3, 0.4) is 0 Å². The Morgan fingerprint density at radius 2 is 1.43 bits per heavy atom. The smallest absolute Gasteiger partial charge is 0.320 e. The molecular formula is C23H26O6S. The molecule has 7 heteroatoms. The standard InChI is InChI=1S/C23H26O6S/c1-4-28-22(25)21(23(26)29-5-2)19(16-9-7-6-8-10-16)15-20(24)30-18-13-11-17(27-3)12-14-18/h6-14,19,21H,4-5,15H2,1-3H3. The Bertz CT molecular complexity index is 817. The van der Waals surface area contributed by atoms with Crippen LogP contribution < -0.4 is 4.74 Å². The molecule has 0 aliphatic rings. The van der Waals surface area contributed by atoms with Gasteiger partial charge >= 0.3 is 11.9 Å². The molecule has 0 saturated heterocycles. The molecule has 0 amide bonds. The van der Waals surface area contributed by atoms with Gasteiger partial charge in [-0.2, -0.15) is 0 Å². The highest BCUT2D eigenvalue weighted by atomic mass is 32.2. The van der Waals surface area contributed by atoms with Crippen molar-refractivity contribution in [3.05, 3.63) is 60.2 Å². The molecule has 0 aliphatic heterocycles. The number of carbonyl (C=O) groups excluding carboxylic acids is 3. The van der Waals surface area contributed by atoms with E-state index in [1.807, 2.05) is 6.07 Å². The van der Waals surface area contributed by atoms with Crippen LogP contribution in [0.2, 0.25) is 0 Å². The number of rotatable bonds is 10. The van der Waals surface area contributed by atoms with Crippen molar-refractivity contribution in [2.24, 2.45) is 5.92 Å². The van der Waals surface area contributed by atoms with Gasteiger partial charge in [0.2, 0.25) is 0 Å². The first-order valence-corrected chi connectivity index (χ1v) is 10.5. The average Bonchev–Trinajstić information content (AvgIpc) is 2.75. The van der Waals surface area contributed by atoms with E-state index in [-0.39, 0.29) is 24.7 Å². The summed E-state index contributed by atoms with van der Waals surface area (Å²) in [5, 5.41) is -0.174. The largest absolute Gasteiger partial charge is 0.497 e. The average molecular weight is 431 g/mol. The van der Waals surface area contributed by atoms with Crippen molar-refractivity contribution in [1.82, 2.24) is 0 Å². The lowest BCUT2D eigenvalue weighted by Crippen LogP contribution is -2.34. The maximum atomic E-state index is 12.8. The summed E-state index contributed by atoms with van der Waals surface area (Å²) >= 11 is 1.05. The number of hydrogen-bond donors (Lipinski definition) is 0.